The molecule has 0 saturated heterocycles. The summed E-state index contributed by atoms with van der Waals surface area (Å²) in [5.74, 6) is 0.721. The molecule has 0 radical (unpaired) electrons. The SMILES string of the molecule is CC(C)OCCCCn1nnnc1-c1cccc(N)c1Br. The smallest absolute Gasteiger partial charge is 0.183 e. The van der Waals surface area contributed by atoms with E-state index in [1.807, 2.05) is 32.0 Å². The van der Waals surface area contributed by atoms with Crippen LogP contribution in [0, 0.1) is 0 Å². The Morgan fingerprint density at radius 3 is 2.90 bits per heavy atom. The van der Waals surface area contributed by atoms with Gasteiger partial charge in [0.1, 0.15) is 0 Å². The van der Waals surface area contributed by atoms with Gasteiger partial charge in [0.05, 0.1) is 10.6 Å². The first kappa shape index (κ1) is 15.9. The minimum absolute atomic E-state index is 0.275. The molecule has 114 valence electrons. The van der Waals surface area contributed by atoms with E-state index in [0.717, 1.165) is 41.9 Å². The molecular weight excluding hydrogens is 334 g/mol. The van der Waals surface area contributed by atoms with E-state index >= 15 is 0 Å². The molecule has 0 aliphatic carbocycles. The molecule has 7 heteroatoms. The summed E-state index contributed by atoms with van der Waals surface area (Å²) in [6.45, 7) is 5.59. The van der Waals surface area contributed by atoms with Gasteiger partial charge in [-0.25, -0.2) is 4.68 Å². The standard InChI is InChI=1S/C14H20BrN5O/c1-10(2)21-9-4-3-8-20-14(17-18-19-20)11-6-5-7-12(16)13(11)15/h5-7,10H,3-4,8-9,16H2,1-2H3. The maximum absolute atomic E-state index is 5.90. The molecule has 1 heterocycles. The van der Waals surface area contributed by atoms with Gasteiger partial charge in [-0.2, -0.15) is 0 Å². The van der Waals surface area contributed by atoms with Crippen molar-refractivity contribution in [1.29, 1.82) is 0 Å². The average molecular weight is 354 g/mol. The van der Waals surface area contributed by atoms with Gasteiger partial charge in [-0.1, -0.05) is 6.07 Å². The first-order valence-electron chi connectivity index (χ1n) is 7.01. The summed E-state index contributed by atoms with van der Waals surface area (Å²) in [6, 6.07) is 5.68. The number of hydrogen-bond donors (Lipinski definition) is 1. The lowest BCUT2D eigenvalue weighted by Gasteiger charge is -2.09. The second-order valence-corrected chi connectivity index (χ2v) is 5.85. The van der Waals surface area contributed by atoms with Crippen molar-refractivity contribution in [1.82, 2.24) is 20.2 Å². The van der Waals surface area contributed by atoms with Gasteiger partial charge < -0.3 is 10.5 Å². The van der Waals surface area contributed by atoms with Gasteiger partial charge in [0.25, 0.3) is 0 Å². The van der Waals surface area contributed by atoms with Gasteiger partial charge in [-0.15, -0.1) is 5.10 Å². The van der Waals surface area contributed by atoms with E-state index in [0.29, 0.717) is 5.69 Å². The van der Waals surface area contributed by atoms with Crippen molar-refractivity contribution in [2.45, 2.75) is 39.3 Å². The Morgan fingerprint density at radius 1 is 1.33 bits per heavy atom. The van der Waals surface area contributed by atoms with E-state index in [1.165, 1.54) is 0 Å². The van der Waals surface area contributed by atoms with Crippen molar-refractivity contribution >= 4 is 21.6 Å². The second kappa shape index (κ2) is 7.51. The zero-order chi connectivity index (χ0) is 15.2. The van der Waals surface area contributed by atoms with E-state index in [2.05, 4.69) is 31.5 Å². The minimum Gasteiger partial charge on any atom is -0.398 e. The van der Waals surface area contributed by atoms with Gasteiger partial charge in [-0.3, -0.25) is 0 Å². The van der Waals surface area contributed by atoms with Crippen molar-refractivity contribution in [2.24, 2.45) is 0 Å². The Bertz CT molecular complexity index is 584. The number of benzene rings is 1. The minimum atomic E-state index is 0.275. The molecule has 0 bridgehead atoms. The highest BCUT2D eigenvalue weighted by atomic mass is 79.9. The van der Waals surface area contributed by atoms with E-state index in [4.69, 9.17) is 10.5 Å². The number of halogens is 1. The second-order valence-electron chi connectivity index (χ2n) is 5.06. The lowest BCUT2D eigenvalue weighted by Crippen LogP contribution is -2.07. The van der Waals surface area contributed by atoms with Crippen LogP contribution in [0.1, 0.15) is 26.7 Å². The number of anilines is 1. The quantitative estimate of drug-likeness (QED) is 0.611. The summed E-state index contributed by atoms with van der Waals surface area (Å²) in [6.07, 6.45) is 2.22. The molecule has 6 nitrogen and oxygen atoms in total. The fourth-order valence-electron chi connectivity index (χ4n) is 1.95. The lowest BCUT2D eigenvalue weighted by molar-refractivity contribution is 0.0753. The van der Waals surface area contributed by atoms with Crippen molar-refractivity contribution in [3.8, 4) is 11.4 Å². The maximum Gasteiger partial charge on any atom is 0.183 e. The number of rotatable bonds is 7. The Morgan fingerprint density at radius 2 is 2.14 bits per heavy atom. The normalized spacial score (nSPS) is 11.2. The van der Waals surface area contributed by atoms with Crippen molar-refractivity contribution in [3.05, 3.63) is 22.7 Å². The molecule has 21 heavy (non-hydrogen) atoms. The molecule has 1 aromatic heterocycles. The molecule has 0 saturated carbocycles. The molecular formula is C14H20BrN5O. The maximum atomic E-state index is 5.90. The van der Waals surface area contributed by atoms with E-state index < -0.39 is 0 Å². The highest BCUT2D eigenvalue weighted by Crippen LogP contribution is 2.30. The summed E-state index contributed by atoms with van der Waals surface area (Å²) in [5.41, 5.74) is 7.48. The van der Waals surface area contributed by atoms with Crippen LogP contribution >= 0.6 is 15.9 Å². The monoisotopic (exact) mass is 353 g/mol. The number of unbranched alkanes of at least 4 members (excludes halogenated alkanes) is 1. The zero-order valence-electron chi connectivity index (χ0n) is 12.3. The summed E-state index contributed by atoms with van der Waals surface area (Å²) in [7, 11) is 0. The molecule has 1 aromatic carbocycles. The average Bonchev–Trinajstić information content (AvgIpc) is 2.89. The molecule has 0 atom stereocenters. The fraction of sp³-hybridized carbons (Fsp3) is 0.500. The lowest BCUT2D eigenvalue weighted by atomic mass is 10.2. The topological polar surface area (TPSA) is 78.8 Å². The molecule has 2 rings (SSSR count). The van der Waals surface area contributed by atoms with E-state index in [1.54, 1.807) is 4.68 Å². The summed E-state index contributed by atoms with van der Waals surface area (Å²) in [4.78, 5) is 0. The van der Waals surface area contributed by atoms with Crippen LogP contribution in [0.15, 0.2) is 22.7 Å². The predicted molar refractivity (Wildman–Crippen MR) is 85.7 cm³/mol. The molecule has 0 amide bonds. The molecule has 0 spiro atoms. The number of nitrogen functional groups attached to an aromatic ring is 1. The number of ether oxygens (including phenoxy) is 1. The first-order chi connectivity index (χ1) is 10.1. The predicted octanol–water partition coefficient (Wildman–Crippen LogP) is 2.89. The van der Waals surface area contributed by atoms with Crippen LogP contribution in [-0.4, -0.2) is 32.9 Å². The summed E-state index contributed by atoms with van der Waals surface area (Å²) < 4.78 is 8.15. The van der Waals surface area contributed by atoms with Crippen LogP contribution in [0.5, 0.6) is 0 Å². The molecule has 0 fully saturated rings. The molecule has 2 N–H and O–H groups in total. The number of aryl methyl sites for hydroxylation is 1. The van der Waals surface area contributed by atoms with Crippen LogP contribution in [0.4, 0.5) is 5.69 Å². The third-order valence-corrected chi connectivity index (χ3v) is 3.90. The van der Waals surface area contributed by atoms with Gasteiger partial charge >= 0.3 is 0 Å². The number of hydrogen-bond acceptors (Lipinski definition) is 5. The Balaban J connectivity index is 2.00. The van der Waals surface area contributed by atoms with Gasteiger partial charge in [0, 0.05) is 24.4 Å². The Hall–Kier alpha value is -1.47. The number of tetrazole rings is 1. The molecule has 0 aliphatic heterocycles. The van der Waals surface area contributed by atoms with Crippen molar-refractivity contribution in [3.63, 3.8) is 0 Å². The van der Waals surface area contributed by atoms with Gasteiger partial charge in [-0.05, 0) is 65.2 Å². The van der Waals surface area contributed by atoms with E-state index in [-0.39, 0.29) is 6.10 Å². The van der Waals surface area contributed by atoms with Gasteiger partial charge in [0.15, 0.2) is 5.82 Å². The third kappa shape index (κ3) is 4.25. The fourth-order valence-corrected chi connectivity index (χ4v) is 2.40. The number of nitrogens with zero attached hydrogens (tertiary/aromatic N) is 4. The van der Waals surface area contributed by atoms with Crippen molar-refractivity contribution in [2.75, 3.05) is 12.3 Å². The van der Waals surface area contributed by atoms with Crippen LogP contribution in [-0.2, 0) is 11.3 Å². The van der Waals surface area contributed by atoms with Crippen LogP contribution in [0.3, 0.4) is 0 Å². The number of nitrogens with two attached hydrogens (primary N) is 1. The summed E-state index contributed by atoms with van der Waals surface area (Å²) in [5, 5.41) is 11.9. The Kier molecular flexibility index (Phi) is 5.69. The van der Waals surface area contributed by atoms with Gasteiger partial charge in [0.2, 0.25) is 0 Å². The van der Waals surface area contributed by atoms with Crippen LogP contribution in [0.25, 0.3) is 11.4 Å². The highest BCUT2D eigenvalue weighted by molar-refractivity contribution is 9.10. The molecule has 0 aliphatic rings. The third-order valence-electron chi connectivity index (χ3n) is 3.02. The van der Waals surface area contributed by atoms with Crippen LogP contribution in [0.2, 0.25) is 0 Å². The van der Waals surface area contributed by atoms with Crippen molar-refractivity contribution < 1.29 is 4.74 Å². The largest absolute Gasteiger partial charge is 0.398 e. The van der Waals surface area contributed by atoms with E-state index in [9.17, 15) is 0 Å². The molecule has 2 aromatic rings. The molecule has 0 unspecified atom stereocenters. The number of aromatic nitrogens is 4. The zero-order valence-corrected chi connectivity index (χ0v) is 13.9. The van der Waals surface area contributed by atoms with Crippen LogP contribution < -0.4 is 5.73 Å². The highest BCUT2D eigenvalue weighted by Gasteiger charge is 2.13. The summed E-state index contributed by atoms with van der Waals surface area (Å²) >= 11 is 3.49. The Labute approximate surface area is 132 Å². The first-order valence-corrected chi connectivity index (χ1v) is 7.81.